The lowest BCUT2D eigenvalue weighted by Crippen LogP contribution is -2.37. The fraction of sp³-hybridized carbons (Fsp3) is 0.467. The van der Waals surface area contributed by atoms with E-state index in [1.165, 1.54) is 5.56 Å². The van der Waals surface area contributed by atoms with Gasteiger partial charge in [-0.05, 0) is 11.5 Å². The Morgan fingerprint density at radius 3 is 2.30 bits per heavy atom. The monoisotopic (exact) mass is 280 g/mol. The van der Waals surface area contributed by atoms with E-state index < -0.39 is 5.97 Å². The van der Waals surface area contributed by atoms with Gasteiger partial charge in [-0.1, -0.05) is 51.1 Å². The minimum absolute atomic E-state index is 0.129. The molecule has 1 atom stereocenters. The summed E-state index contributed by atoms with van der Waals surface area (Å²) in [5.41, 5.74) is 1.20. The number of carboxylic acid groups (broad SMARTS) is 1. The van der Waals surface area contributed by atoms with Gasteiger partial charge in [-0.15, -0.1) is 0 Å². The molecule has 0 heterocycles. The van der Waals surface area contributed by atoms with Crippen LogP contribution in [0.3, 0.4) is 0 Å². The number of amides is 1. The third-order valence-electron chi connectivity index (χ3n) is 2.54. The summed E-state index contributed by atoms with van der Waals surface area (Å²) in [4.78, 5) is 21.5. The molecule has 0 aliphatic rings. The van der Waals surface area contributed by atoms with Crippen LogP contribution in [0, 0.1) is 0 Å². The highest BCUT2D eigenvalue weighted by molar-refractivity contribution is 5.82. The molecule has 0 bridgehead atoms. The molecule has 1 rings (SSSR count). The first kappa shape index (κ1) is 18.1. The van der Waals surface area contributed by atoms with Crippen LogP contribution in [-0.2, 0) is 9.59 Å². The summed E-state index contributed by atoms with van der Waals surface area (Å²) < 4.78 is 0. The Balaban J connectivity index is 0.00000172. The number of hydrogen-bond donors (Lipinski definition) is 3. The molecule has 112 valence electrons. The highest BCUT2D eigenvalue weighted by atomic mass is 16.4. The molecule has 0 spiro atoms. The highest BCUT2D eigenvalue weighted by Gasteiger charge is 2.06. The van der Waals surface area contributed by atoms with Gasteiger partial charge in [0, 0.05) is 6.54 Å². The van der Waals surface area contributed by atoms with Crippen molar-refractivity contribution in [3.63, 3.8) is 0 Å². The van der Waals surface area contributed by atoms with Crippen molar-refractivity contribution in [2.45, 2.75) is 26.7 Å². The maximum absolute atomic E-state index is 11.2. The van der Waals surface area contributed by atoms with Gasteiger partial charge in [0.1, 0.15) is 6.54 Å². The Labute approximate surface area is 120 Å². The van der Waals surface area contributed by atoms with E-state index in [-0.39, 0.29) is 19.0 Å². The molecule has 20 heavy (non-hydrogen) atoms. The van der Waals surface area contributed by atoms with E-state index >= 15 is 0 Å². The molecular formula is C15H24N2O3. The molecule has 5 nitrogen and oxygen atoms in total. The smallest absolute Gasteiger partial charge is 0.322 e. The van der Waals surface area contributed by atoms with Gasteiger partial charge in [0.05, 0.1) is 6.54 Å². The molecule has 1 amide bonds. The maximum Gasteiger partial charge on any atom is 0.322 e. The van der Waals surface area contributed by atoms with Gasteiger partial charge in [0.2, 0.25) is 5.91 Å². The predicted octanol–water partition coefficient (Wildman–Crippen LogP) is 1.61. The van der Waals surface area contributed by atoms with Crippen molar-refractivity contribution in [2.24, 2.45) is 0 Å². The lowest BCUT2D eigenvalue weighted by atomic mass is 10.0. The Morgan fingerprint density at radius 1 is 1.15 bits per heavy atom. The van der Waals surface area contributed by atoms with Crippen LogP contribution in [0.4, 0.5) is 0 Å². The third-order valence-corrected chi connectivity index (χ3v) is 2.54. The van der Waals surface area contributed by atoms with E-state index in [0.717, 1.165) is 0 Å². The van der Waals surface area contributed by atoms with E-state index in [9.17, 15) is 9.59 Å². The van der Waals surface area contributed by atoms with Gasteiger partial charge in [-0.2, -0.15) is 0 Å². The standard InChI is InChI=1S/C13H18N2O3.C2H6/c1-10(11-5-3-2-4-6-11)7-14-8-12(16)15-9-13(17)18;1-2/h2-6,10,14H,7-9H2,1H3,(H,15,16)(H,17,18);1-2H3. The Bertz CT molecular complexity index is 393. The number of benzene rings is 1. The van der Waals surface area contributed by atoms with Gasteiger partial charge in [0.25, 0.3) is 0 Å². The highest BCUT2D eigenvalue weighted by Crippen LogP contribution is 2.12. The molecule has 1 aromatic carbocycles. The summed E-state index contributed by atoms with van der Waals surface area (Å²) in [6, 6.07) is 9.99. The SMILES string of the molecule is CC.CC(CNCC(=O)NCC(=O)O)c1ccccc1. The van der Waals surface area contributed by atoms with Gasteiger partial charge in [-0.25, -0.2) is 0 Å². The average molecular weight is 280 g/mol. The molecule has 0 saturated heterocycles. The fourth-order valence-corrected chi connectivity index (χ4v) is 1.54. The van der Waals surface area contributed by atoms with Crippen LogP contribution in [0.25, 0.3) is 0 Å². The molecule has 1 aromatic rings. The van der Waals surface area contributed by atoms with Crippen molar-refractivity contribution in [1.29, 1.82) is 0 Å². The van der Waals surface area contributed by atoms with Crippen LogP contribution in [0.5, 0.6) is 0 Å². The van der Waals surface area contributed by atoms with Crippen LogP contribution in [0.15, 0.2) is 30.3 Å². The topological polar surface area (TPSA) is 78.4 Å². The molecule has 3 N–H and O–H groups in total. The van der Waals surface area contributed by atoms with Crippen molar-refractivity contribution < 1.29 is 14.7 Å². The van der Waals surface area contributed by atoms with Crippen molar-refractivity contribution >= 4 is 11.9 Å². The second kappa shape index (κ2) is 11.0. The summed E-state index contributed by atoms with van der Waals surface area (Å²) in [7, 11) is 0. The first-order valence-corrected chi connectivity index (χ1v) is 6.83. The number of hydrogen-bond acceptors (Lipinski definition) is 3. The van der Waals surface area contributed by atoms with Crippen LogP contribution < -0.4 is 10.6 Å². The van der Waals surface area contributed by atoms with Crippen molar-refractivity contribution in [3.05, 3.63) is 35.9 Å². The van der Waals surface area contributed by atoms with Gasteiger partial charge >= 0.3 is 5.97 Å². The lowest BCUT2D eigenvalue weighted by molar-refractivity contribution is -0.137. The Hall–Kier alpha value is -1.88. The first-order valence-electron chi connectivity index (χ1n) is 6.83. The molecular weight excluding hydrogens is 256 g/mol. The van der Waals surface area contributed by atoms with Gasteiger partial charge < -0.3 is 15.7 Å². The minimum atomic E-state index is -1.04. The number of rotatable bonds is 7. The second-order valence-electron chi connectivity index (χ2n) is 4.11. The molecule has 0 radical (unpaired) electrons. The third kappa shape index (κ3) is 8.26. The second-order valence-corrected chi connectivity index (χ2v) is 4.11. The number of carboxylic acids is 1. The summed E-state index contributed by atoms with van der Waals surface area (Å²) >= 11 is 0. The van der Waals surface area contributed by atoms with E-state index in [1.807, 2.05) is 44.2 Å². The molecule has 0 aromatic heterocycles. The van der Waals surface area contributed by atoms with Crippen LogP contribution in [0.1, 0.15) is 32.3 Å². The van der Waals surface area contributed by atoms with E-state index in [4.69, 9.17) is 5.11 Å². The zero-order chi connectivity index (χ0) is 15.4. The fourth-order valence-electron chi connectivity index (χ4n) is 1.54. The Kier molecular flexibility index (Phi) is 9.96. The first-order chi connectivity index (χ1) is 9.59. The lowest BCUT2D eigenvalue weighted by Gasteiger charge is -2.12. The average Bonchev–Trinajstić information content (AvgIpc) is 2.48. The molecule has 0 saturated carbocycles. The zero-order valence-electron chi connectivity index (χ0n) is 12.3. The molecule has 5 heteroatoms. The quantitative estimate of drug-likeness (QED) is 0.709. The van der Waals surface area contributed by atoms with E-state index in [1.54, 1.807) is 0 Å². The van der Waals surface area contributed by atoms with Crippen molar-refractivity contribution in [3.8, 4) is 0 Å². The summed E-state index contributed by atoms with van der Waals surface area (Å²) in [6.07, 6.45) is 0. The van der Waals surface area contributed by atoms with Gasteiger partial charge in [0.15, 0.2) is 0 Å². The summed E-state index contributed by atoms with van der Waals surface area (Å²) in [6.45, 7) is 6.53. The number of aliphatic carboxylic acids is 1. The molecule has 1 unspecified atom stereocenters. The summed E-state index contributed by atoms with van der Waals surface area (Å²) in [5, 5.41) is 13.7. The molecule has 0 fully saturated rings. The van der Waals surface area contributed by atoms with Gasteiger partial charge in [-0.3, -0.25) is 9.59 Å². The number of nitrogens with one attached hydrogen (secondary N) is 2. The zero-order valence-corrected chi connectivity index (χ0v) is 12.3. The van der Waals surface area contributed by atoms with Crippen LogP contribution in [0.2, 0.25) is 0 Å². The molecule has 0 aliphatic heterocycles. The van der Waals surface area contributed by atoms with Crippen molar-refractivity contribution in [2.75, 3.05) is 19.6 Å². The van der Waals surface area contributed by atoms with Crippen LogP contribution in [-0.4, -0.2) is 36.6 Å². The van der Waals surface area contributed by atoms with E-state index in [2.05, 4.69) is 17.6 Å². The minimum Gasteiger partial charge on any atom is -0.480 e. The largest absolute Gasteiger partial charge is 0.480 e. The maximum atomic E-state index is 11.2. The number of carbonyl (C=O) groups is 2. The van der Waals surface area contributed by atoms with Crippen LogP contribution >= 0.6 is 0 Å². The number of carbonyl (C=O) groups excluding carboxylic acids is 1. The molecule has 0 aliphatic carbocycles. The predicted molar refractivity (Wildman–Crippen MR) is 79.7 cm³/mol. The van der Waals surface area contributed by atoms with Crippen molar-refractivity contribution in [1.82, 2.24) is 10.6 Å². The normalized spacial score (nSPS) is 10.9. The van der Waals surface area contributed by atoms with E-state index in [0.29, 0.717) is 12.5 Å². The Morgan fingerprint density at radius 2 is 1.75 bits per heavy atom. The summed E-state index contributed by atoms with van der Waals surface area (Å²) in [5.74, 6) is -1.04.